The van der Waals surface area contributed by atoms with Crippen LogP contribution < -0.4 is 10.1 Å². The van der Waals surface area contributed by atoms with E-state index in [-0.39, 0.29) is 0 Å². The lowest BCUT2D eigenvalue weighted by Crippen LogP contribution is -2.07. The highest BCUT2D eigenvalue weighted by atomic mass is 35.5. The smallest absolute Gasteiger partial charge is 0.255 e. The zero-order chi connectivity index (χ0) is 19.0. The first-order valence-electron chi connectivity index (χ1n) is 8.26. The van der Waals surface area contributed by atoms with Crippen molar-refractivity contribution in [3.05, 3.63) is 51.9 Å². The molecule has 4 rings (SSSR count). The zero-order valence-corrected chi connectivity index (χ0v) is 16.6. The molecule has 0 amide bonds. The van der Waals surface area contributed by atoms with Gasteiger partial charge in [0.2, 0.25) is 0 Å². The van der Waals surface area contributed by atoms with Crippen LogP contribution in [0.1, 0.15) is 16.0 Å². The molecule has 1 aromatic carbocycles. The molecule has 0 spiro atoms. The molecule has 138 valence electrons. The molecule has 27 heavy (non-hydrogen) atoms. The highest BCUT2D eigenvalue weighted by Crippen LogP contribution is 2.34. The van der Waals surface area contributed by atoms with Crippen molar-refractivity contribution < 1.29 is 4.74 Å². The number of aromatic nitrogens is 5. The van der Waals surface area contributed by atoms with Crippen LogP contribution in [0.2, 0.25) is 5.02 Å². The Kier molecular flexibility index (Phi) is 4.67. The van der Waals surface area contributed by atoms with Gasteiger partial charge >= 0.3 is 0 Å². The average Bonchev–Trinajstić information content (AvgIpc) is 3.29. The third-order valence-corrected chi connectivity index (χ3v) is 5.71. The van der Waals surface area contributed by atoms with E-state index < -0.39 is 0 Å². The van der Waals surface area contributed by atoms with Gasteiger partial charge in [-0.05, 0) is 37.1 Å². The van der Waals surface area contributed by atoms with Crippen LogP contribution in [0.15, 0.2) is 30.9 Å². The van der Waals surface area contributed by atoms with Crippen LogP contribution in [-0.4, -0.2) is 31.8 Å². The molecule has 4 aromatic rings. The first-order valence-corrected chi connectivity index (χ1v) is 9.45. The van der Waals surface area contributed by atoms with Gasteiger partial charge in [-0.25, -0.2) is 4.98 Å². The molecule has 0 atom stereocenters. The third kappa shape index (κ3) is 3.33. The van der Waals surface area contributed by atoms with Crippen molar-refractivity contribution >= 4 is 39.0 Å². The molecule has 3 aromatic heterocycles. The van der Waals surface area contributed by atoms with E-state index in [2.05, 4.69) is 39.2 Å². The van der Waals surface area contributed by atoms with Gasteiger partial charge in [-0.2, -0.15) is 19.7 Å². The van der Waals surface area contributed by atoms with Crippen LogP contribution >= 0.6 is 22.9 Å². The van der Waals surface area contributed by atoms with E-state index in [1.807, 2.05) is 18.2 Å². The highest BCUT2D eigenvalue weighted by molar-refractivity contribution is 7.18. The second-order valence-electron chi connectivity index (χ2n) is 6.00. The Hall–Kier alpha value is -2.71. The van der Waals surface area contributed by atoms with E-state index in [1.165, 1.54) is 16.8 Å². The number of methoxy groups -OCH3 is 1. The number of thiophene rings is 1. The van der Waals surface area contributed by atoms with Crippen molar-refractivity contribution in [3.8, 4) is 11.7 Å². The monoisotopic (exact) mass is 400 g/mol. The summed E-state index contributed by atoms with van der Waals surface area (Å²) in [5, 5.41) is 9.17. The fourth-order valence-electron chi connectivity index (χ4n) is 2.79. The summed E-state index contributed by atoms with van der Waals surface area (Å²) in [7, 11) is 1.60. The molecular weight excluding hydrogens is 384 g/mol. The van der Waals surface area contributed by atoms with E-state index in [9.17, 15) is 0 Å². The number of fused-ring (bicyclic) bond motifs is 1. The summed E-state index contributed by atoms with van der Waals surface area (Å²) in [5.41, 5.74) is 2.20. The summed E-state index contributed by atoms with van der Waals surface area (Å²) >= 11 is 7.88. The average molecular weight is 401 g/mol. The molecule has 3 heterocycles. The fraction of sp³-hybridized carbons (Fsp3) is 0.222. The first-order chi connectivity index (χ1) is 13.1. The summed E-state index contributed by atoms with van der Waals surface area (Å²) in [6.07, 6.45) is 3.05. The Morgan fingerprint density at radius 3 is 2.81 bits per heavy atom. The number of rotatable bonds is 5. The molecule has 0 aliphatic heterocycles. The Labute approximate surface area is 165 Å². The molecule has 0 aliphatic carbocycles. The number of hydrogen-bond donors (Lipinski definition) is 1. The first kappa shape index (κ1) is 17.7. The van der Waals surface area contributed by atoms with Crippen molar-refractivity contribution in [2.45, 2.75) is 20.4 Å². The molecule has 9 heteroatoms. The van der Waals surface area contributed by atoms with Gasteiger partial charge in [0, 0.05) is 11.4 Å². The van der Waals surface area contributed by atoms with E-state index in [0.29, 0.717) is 23.3 Å². The van der Waals surface area contributed by atoms with Crippen molar-refractivity contribution in [2.24, 2.45) is 0 Å². The summed E-state index contributed by atoms with van der Waals surface area (Å²) in [6, 6.07) is 5.71. The Balaban J connectivity index is 1.72. The van der Waals surface area contributed by atoms with Gasteiger partial charge in [-0.15, -0.1) is 11.3 Å². The summed E-state index contributed by atoms with van der Waals surface area (Å²) in [4.78, 5) is 15.4. The number of benzene rings is 1. The maximum Gasteiger partial charge on any atom is 0.255 e. The standard InChI is InChI=1S/C18H17ClN6OS/c1-10-11(2)27-17-15(10)16(23-18(24-17)25-9-20-8-22-25)21-7-12-4-5-14(26-3)13(19)6-12/h4-6,8-9H,7H2,1-3H3,(H,21,23,24). The topological polar surface area (TPSA) is 77.8 Å². The Morgan fingerprint density at radius 1 is 1.26 bits per heavy atom. The van der Waals surface area contributed by atoms with E-state index in [4.69, 9.17) is 16.3 Å². The van der Waals surface area contributed by atoms with E-state index in [0.717, 1.165) is 21.6 Å². The zero-order valence-electron chi connectivity index (χ0n) is 15.0. The lowest BCUT2D eigenvalue weighted by Gasteiger charge is -2.11. The minimum Gasteiger partial charge on any atom is -0.495 e. The Bertz CT molecular complexity index is 1110. The van der Waals surface area contributed by atoms with E-state index in [1.54, 1.807) is 29.5 Å². The third-order valence-electron chi connectivity index (χ3n) is 4.32. The van der Waals surface area contributed by atoms with Crippen LogP contribution in [0.25, 0.3) is 16.2 Å². The second kappa shape index (κ2) is 7.13. The van der Waals surface area contributed by atoms with Crippen LogP contribution in [0.4, 0.5) is 5.82 Å². The maximum atomic E-state index is 6.23. The molecular formula is C18H17ClN6OS. The number of nitrogens with one attached hydrogen (secondary N) is 1. The lowest BCUT2D eigenvalue weighted by atomic mass is 10.2. The number of hydrogen-bond acceptors (Lipinski definition) is 7. The molecule has 1 N–H and O–H groups in total. The molecule has 7 nitrogen and oxygen atoms in total. The van der Waals surface area contributed by atoms with Crippen LogP contribution in [0.5, 0.6) is 5.75 Å². The molecule has 0 unspecified atom stereocenters. The molecule has 0 aliphatic rings. The Morgan fingerprint density at radius 2 is 2.11 bits per heavy atom. The minimum absolute atomic E-state index is 0.483. The number of anilines is 1. The summed E-state index contributed by atoms with van der Waals surface area (Å²) < 4.78 is 6.76. The van der Waals surface area contributed by atoms with E-state index >= 15 is 0 Å². The lowest BCUT2D eigenvalue weighted by molar-refractivity contribution is 0.415. The van der Waals surface area contributed by atoms with Crippen molar-refractivity contribution in [1.29, 1.82) is 0 Å². The minimum atomic E-state index is 0.483. The molecule has 0 fully saturated rings. The van der Waals surface area contributed by atoms with Gasteiger partial charge in [0.25, 0.3) is 5.95 Å². The van der Waals surface area contributed by atoms with Gasteiger partial charge < -0.3 is 10.1 Å². The molecule has 0 saturated heterocycles. The van der Waals surface area contributed by atoms with Crippen molar-refractivity contribution in [3.63, 3.8) is 0 Å². The van der Waals surface area contributed by atoms with Crippen LogP contribution in [0, 0.1) is 13.8 Å². The predicted molar refractivity (Wildman–Crippen MR) is 107 cm³/mol. The van der Waals surface area contributed by atoms with Crippen molar-refractivity contribution in [1.82, 2.24) is 24.7 Å². The summed E-state index contributed by atoms with van der Waals surface area (Å²) in [5.74, 6) is 1.90. The van der Waals surface area contributed by atoms with Gasteiger partial charge in [0.1, 0.15) is 29.1 Å². The normalized spacial score (nSPS) is 11.1. The largest absolute Gasteiger partial charge is 0.495 e. The fourth-order valence-corrected chi connectivity index (χ4v) is 4.09. The number of aryl methyl sites for hydroxylation is 2. The predicted octanol–water partition coefficient (Wildman–Crippen LogP) is 4.16. The second-order valence-corrected chi connectivity index (χ2v) is 7.61. The molecule has 0 saturated carbocycles. The van der Waals surface area contributed by atoms with Crippen LogP contribution in [-0.2, 0) is 6.54 Å². The summed E-state index contributed by atoms with van der Waals surface area (Å²) in [6.45, 7) is 4.74. The molecule has 0 radical (unpaired) electrons. The number of halogens is 1. The molecule has 0 bridgehead atoms. The van der Waals surface area contributed by atoms with Crippen LogP contribution in [0.3, 0.4) is 0 Å². The maximum absolute atomic E-state index is 6.23. The SMILES string of the molecule is COc1ccc(CNc2nc(-n3cncn3)nc3sc(C)c(C)c23)cc1Cl. The van der Waals surface area contributed by atoms with Gasteiger partial charge in [0.05, 0.1) is 17.5 Å². The highest BCUT2D eigenvalue weighted by Gasteiger charge is 2.16. The van der Waals surface area contributed by atoms with Gasteiger partial charge in [-0.1, -0.05) is 17.7 Å². The van der Waals surface area contributed by atoms with Crippen molar-refractivity contribution in [2.75, 3.05) is 12.4 Å². The number of nitrogens with zero attached hydrogens (tertiary/aromatic N) is 5. The number of ether oxygens (including phenoxy) is 1. The quantitative estimate of drug-likeness (QED) is 0.542. The van der Waals surface area contributed by atoms with Gasteiger partial charge in [0.15, 0.2) is 0 Å². The van der Waals surface area contributed by atoms with Gasteiger partial charge in [-0.3, -0.25) is 0 Å².